The van der Waals surface area contributed by atoms with Crippen LogP contribution in [0.3, 0.4) is 0 Å². The Morgan fingerprint density at radius 2 is 1.83 bits per heavy atom. The molecule has 186 valence electrons. The largest absolute Gasteiger partial charge is 0.478 e. The lowest BCUT2D eigenvalue weighted by Gasteiger charge is -2.58. The van der Waals surface area contributed by atoms with Crippen molar-refractivity contribution in [1.29, 1.82) is 0 Å². The van der Waals surface area contributed by atoms with Gasteiger partial charge >= 0.3 is 0 Å². The Morgan fingerprint density at radius 1 is 1.00 bits per heavy atom. The minimum atomic E-state index is -0.131. The van der Waals surface area contributed by atoms with Crippen LogP contribution in [0.25, 0.3) is 11.1 Å². The minimum Gasteiger partial charge on any atom is -0.478 e. The molecule has 2 aromatic heterocycles. The van der Waals surface area contributed by atoms with Gasteiger partial charge in [0.05, 0.1) is 12.7 Å². The fraction of sp³-hybridized carbons (Fsp3) is 0.613. The zero-order chi connectivity index (χ0) is 24.2. The van der Waals surface area contributed by atoms with Crippen LogP contribution in [0.4, 0.5) is 0 Å². The molecule has 0 unspecified atom stereocenters. The van der Waals surface area contributed by atoms with E-state index in [1.165, 1.54) is 48.9 Å². The van der Waals surface area contributed by atoms with E-state index >= 15 is 0 Å². The van der Waals surface area contributed by atoms with Crippen LogP contribution in [-0.2, 0) is 0 Å². The van der Waals surface area contributed by atoms with Gasteiger partial charge in [0.15, 0.2) is 0 Å². The number of nitrogens with zero attached hydrogens (tertiary/aromatic N) is 2. The summed E-state index contributed by atoms with van der Waals surface area (Å²) in [5, 5.41) is 10.3. The molecule has 0 radical (unpaired) electrons. The summed E-state index contributed by atoms with van der Waals surface area (Å²) in [5.74, 6) is 3.49. The Kier molecular flexibility index (Phi) is 5.79. The summed E-state index contributed by atoms with van der Waals surface area (Å²) >= 11 is 0. The first-order chi connectivity index (χ1) is 16.9. The van der Waals surface area contributed by atoms with E-state index in [1.54, 1.807) is 5.57 Å². The molecule has 4 heteroatoms. The van der Waals surface area contributed by atoms with Crippen molar-refractivity contribution in [3.05, 3.63) is 54.0 Å². The predicted molar refractivity (Wildman–Crippen MR) is 139 cm³/mol. The Labute approximate surface area is 210 Å². The number of aliphatic hydroxyl groups excluding tert-OH is 1. The summed E-state index contributed by atoms with van der Waals surface area (Å²) in [4.78, 5) is 9.29. The van der Waals surface area contributed by atoms with Gasteiger partial charge in [0.25, 0.3) is 0 Å². The van der Waals surface area contributed by atoms with Gasteiger partial charge in [-0.3, -0.25) is 4.98 Å². The van der Waals surface area contributed by atoms with Crippen molar-refractivity contribution >= 4 is 0 Å². The molecule has 0 aromatic carbocycles. The molecule has 3 saturated carbocycles. The van der Waals surface area contributed by atoms with Crippen molar-refractivity contribution in [3.8, 4) is 17.0 Å². The Balaban J connectivity index is 1.33. The Morgan fingerprint density at radius 3 is 2.63 bits per heavy atom. The molecule has 0 saturated heterocycles. The number of ether oxygens (including phenoxy) is 1. The second kappa shape index (κ2) is 8.73. The van der Waals surface area contributed by atoms with E-state index in [1.807, 2.05) is 19.3 Å². The highest BCUT2D eigenvalue weighted by atomic mass is 16.5. The van der Waals surface area contributed by atoms with Crippen LogP contribution in [0.15, 0.2) is 48.3 Å². The third-order valence-electron chi connectivity index (χ3n) is 10.6. The van der Waals surface area contributed by atoms with E-state index in [0.29, 0.717) is 17.9 Å². The summed E-state index contributed by atoms with van der Waals surface area (Å²) in [5.41, 5.74) is 5.70. The SMILES string of the molecule is CCOc1cc(-c2ccncc2)cc([C@H]2CC[C@H]3[C@@H]4CC=C5C[C@@H](O)CC[C@]5(C)[C@H]4CC[C@]23C)n1. The van der Waals surface area contributed by atoms with Gasteiger partial charge in [0.1, 0.15) is 0 Å². The van der Waals surface area contributed by atoms with Gasteiger partial charge in [-0.15, -0.1) is 0 Å². The van der Waals surface area contributed by atoms with E-state index in [4.69, 9.17) is 9.72 Å². The highest BCUT2D eigenvalue weighted by Gasteiger charge is 2.59. The molecule has 0 spiro atoms. The van der Waals surface area contributed by atoms with E-state index in [0.717, 1.165) is 42.9 Å². The van der Waals surface area contributed by atoms with Crippen LogP contribution in [0.1, 0.15) is 83.7 Å². The van der Waals surface area contributed by atoms with Crippen LogP contribution < -0.4 is 4.74 Å². The number of hydrogen-bond donors (Lipinski definition) is 1. The second-order valence-corrected chi connectivity index (χ2v) is 12.1. The molecule has 2 heterocycles. The molecule has 0 aliphatic heterocycles. The summed E-state index contributed by atoms with van der Waals surface area (Å²) in [6.07, 6.45) is 15.4. The maximum atomic E-state index is 10.3. The molecule has 4 nitrogen and oxygen atoms in total. The summed E-state index contributed by atoms with van der Waals surface area (Å²) in [7, 11) is 0. The third-order valence-corrected chi connectivity index (χ3v) is 10.6. The molecule has 4 aliphatic rings. The van der Waals surface area contributed by atoms with Crippen LogP contribution in [-0.4, -0.2) is 27.8 Å². The number of fused-ring (bicyclic) bond motifs is 5. The average molecular weight is 473 g/mol. The molecule has 7 atom stereocenters. The zero-order valence-corrected chi connectivity index (χ0v) is 21.5. The number of aliphatic hydroxyl groups is 1. The van der Waals surface area contributed by atoms with Gasteiger partial charge in [-0.25, -0.2) is 4.98 Å². The standard InChI is InChI=1S/C31H40N2O2/c1-4-35-29-18-21(20-11-15-32-16-12-20)17-28(33-29)27-8-7-25-24-6-5-22-19-23(34)9-13-30(22,2)26(24)10-14-31(25,27)3/h5,11-12,15-18,23-27,34H,4,6-10,13-14,19H2,1-3H3/t23-,24-,25-,26-,27+,30-,31-/m0/s1. The summed E-state index contributed by atoms with van der Waals surface area (Å²) in [6, 6.07) is 8.56. The highest BCUT2D eigenvalue weighted by Crippen LogP contribution is 2.68. The van der Waals surface area contributed by atoms with Gasteiger partial charge in [0.2, 0.25) is 5.88 Å². The number of rotatable bonds is 4. The predicted octanol–water partition coefficient (Wildman–Crippen LogP) is 6.95. The van der Waals surface area contributed by atoms with E-state index < -0.39 is 0 Å². The molecule has 3 fully saturated rings. The smallest absolute Gasteiger partial charge is 0.214 e. The van der Waals surface area contributed by atoms with Crippen molar-refractivity contribution < 1.29 is 9.84 Å². The highest BCUT2D eigenvalue weighted by molar-refractivity contribution is 5.64. The third kappa shape index (κ3) is 3.75. The number of pyridine rings is 2. The van der Waals surface area contributed by atoms with Gasteiger partial charge < -0.3 is 9.84 Å². The molecule has 6 rings (SSSR count). The lowest BCUT2D eigenvalue weighted by molar-refractivity contribution is -0.0412. The molecule has 4 aliphatic carbocycles. The van der Waals surface area contributed by atoms with Crippen LogP contribution in [0.2, 0.25) is 0 Å². The zero-order valence-electron chi connectivity index (χ0n) is 21.5. The van der Waals surface area contributed by atoms with Crippen molar-refractivity contribution in [2.45, 2.75) is 84.2 Å². The van der Waals surface area contributed by atoms with Gasteiger partial charge in [-0.2, -0.15) is 0 Å². The lowest BCUT2D eigenvalue weighted by Crippen LogP contribution is -2.50. The summed E-state index contributed by atoms with van der Waals surface area (Å²) in [6.45, 7) is 7.75. The van der Waals surface area contributed by atoms with Crippen LogP contribution >= 0.6 is 0 Å². The molecular formula is C31H40N2O2. The normalized spacial score (nSPS) is 38.2. The molecule has 1 N–H and O–H groups in total. The minimum absolute atomic E-state index is 0.131. The van der Waals surface area contributed by atoms with Crippen molar-refractivity contribution in [3.63, 3.8) is 0 Å². The van der Waals surface area contributed by atoms with E-state index in [-0.39, 0.29) is 11.5 Å². The average Bonchev–Trinajstić information content (AvgIpc) is 3.22. The molecule has 2 aromatic rings. The van der Waals surface area contributed by atoms with Crippen molar-refractivity contribution in [1.82, 2.24) is 9.97 Å². The first-order valence-electron chi connectivity index (χ1n) is 13.8. The Hall–Kier alpha value is -2.20. The number of hydrogen-bond acceptors (Lipinski definition) is 4. The first kappa shape index (κ1) is 23.2. The molecule has 0 amide bonds. The van der Waals surface area contributed by atoms with Gasteiger partial charge in [-0.1, -0.05) is 25.5 Å². The fourth-order valence-corrected chi connectivity index (χ4v) is 8.76. The van der Waals surface area contributed by atoms with E-state index in [2.05, 4.69) is 49.2 Å². The fourth-order valence-electron chi connectivity index (χ4n) is 8.76. The van der Waals surface area contributed by atoms with Gasteiger partial charge in [-0.05, 0) is 116 Å². The monoisotopic (exact) mass is 472 g/mol. The maximum absolute atomic E-state index is 10.3. The van der Waals surface area contributed by atoms with Gasteiger partial charge in [0, 0.05) is 30.1 Å². The second-order valence-electron chi connectivity index (χ2n) is 12.1. The van der Waals surface area contributed by atoms with E-state index in [9.17, 15) is 5.11 Å². The lowest BCUT2D eigenvalue weighted by atomic mass is 9.47. The topological polar surface area (TPSA) is 55.2 Å². The first-order valence-corrected chi connectivity index (χ1v) is 13.8. The van der Waals surface area contributed by atoms with Crippen molar-refractivity contribution in [2.75, 3.05) is 6.61 Å². The maximum Gasteiger partial charge on any atom is 0.214 e. The van der Waals surface area contributed by atoms with Crippen molar-refractivity contribution in [2.24, 2.45) is 28.6 Å². The van der Waals surface area contributed by atoms with Crippen LogP contribution in [0.5, 0.6) is 5.88 Å². The molecular weight excluding hydrogens is 432 g/mol. The summed E-state index contributed by atoms with van der Waals surface area (Å²) < 4.78 is 5.95. The number of aromatic nitrogens is 2. The number of allylic oxidation sites excluding steroid dienone is 1. The molecule has 0 bridgehead atoms. The Bertz CT molecular complexity index is 1110. The quantitative estimate of drug-likeness (QED) is 0.489. The van der Waals surface area contributed by atoms with Crippen LogP contribution in [0, 0.1) is 28.6 Å². The molecule has 35 heavy (non-hydrogen) atoms.